The molecule has 3 rings (SSSR count). The van der Waals surface area contributed by atoms with Crippen LogP contribution in [0.5, 0.6) is 0 Å². The molecule has 4 nitrogen and oxygen atoms in total. The highest BCUT2D eigenvalue weighted by atomic mass is 35.5. The molecular formula is C18H14Cl2N2O2S2. The van der Waals surface area contributed by atoms with Crippen LogP contribution in [0.2, 0.25) is 10.0 Å². The van der Waals surface area contributed by atoms with Gasteiger partial charge in [-0.2, -0.15) is 0 Å². The third-order valence-electron chi connectivity index (χ3n) is 3.48. The number of halogens is 2. The van der Waals surface area contributed by atoms with Crippen molar-refractivity contribution in [1.29, 1.82) is 0 Å². The molecule has 26 heavy (non-hydrogen) atoms. The van der Waals surface area contributed by atoms with Crippen molar-refractivity contribution in [3.05, 3.63) is 63.5 Å². The van der Waals surface area contributed by atoms with Crippen LogP contribution in [0.3, 0.4) is 0 Å². The van der Waals surface area contributed by atoms with E-state index in [9.17, 15) is 9.59 Å². The molecular weight excluding hydrogens is 411 g/mol. The standard InChI is InChI=1S/C18H14Cl2N2O2S2/c19-12-6-2-4-8-14(12)25-10-9-15(23)21-22-18(24)17-16(20)11-5-1-3-7-13(11)26-17/h1-8H,9-10H2,(H,21,23)(H,22,24). The smallest absolute Gasteiger partial charge is 0.273 e. The number of thiophene rings is 1. The Morgan fingerprint density at radius 3 is 2.50 bits per heavy atom. The molecule has 3 aromatic rings. The monoisotopic (exact) mass is 424 g/mol. The zero-order valence-electron chi connectivity index (χ0n) is 13.4. The van der Waals surface area contributed by atoms with Crippen LogP contribution in [-0.2, 0) is 4.79 Å². The van der Waals surface area contributed by atoms with Gasteiger partial charge < -0.3 is 0 Å². The first-order valence-electron chi connectivity index (χ1n) is 7.70. The largest absolute Gasteiger partial charge is 0.281 e. The Balaban J connectivity index is 1.50. The maximum atomic E-state index is 12.3. The van der Waals surface area contributed by atoms with Gasteiger partial charge in [-0.1, -0.05) is 53.5 Å². The van der Waals surface area contributed by atoms with Crippen molar-refractivity contribution < 1.29 is 9.59 Å². The molecule has 0 aliphatic carbocycles. The highest BCUT2D eigenvalue weighted by Gasteiger charge is 2.17. The van der Waals surface area contributed by atoms with E-state index in [0.29, 0.717) is 20.7 Å². The normalized spacial score (nSPS) is 10.7. The van der Waals surface area contributed by atoms with Crippen LogP contribution in [0.15, 0.2) is 53.4 Å². The second-order valence-electron chi connectivity index (χ2n) is 5.27. The molecule has 134 valence electrons. The Kier molecular flexibility index (Phi) is 6.43. The first kappa shape index (κ1) is 19.0. The van der Waals surface area contributed by atoms with Gasteiger partial charge in [-0.15, -0.1) is 23.1 Å². The molecule has 2 N–H and O–H groups in total. The summed E-state index contributed by atoms with van der Waals surface area (Å²) in [6.07, 6.45) is 0.246. The molecule has 0 saturated carbocycles. The van der Waals surface area contributed by atoms with Gasteiger partial charge in [0, 0.05) is 27.2 Å². The third kappa shape index (κ3) is 4.51. The van der Waals surface area contributed by atoms with Gasteiger partial charge in [-0.25, -0.2) is 0 Å². The SMILES string of the molecule is O=C(CCSc1ccccc1Cl)NNC(=O)c1sc2ccccc2c1Cl. The maximum Gasteiger partial charge on any atom is 0.281 e. The highest BCUT2D eigenvalue weighted by Crippen LogP contribution is 2.34. The number of fused-ring (bicyclic) bond motifs is 1. The molecule has 0 unspecified atom stereocenters. The Morgan fingerprint density at radius 1 is 1.00 bits per heavy atom. The number of hydrazine groups is 1. The number of hydrogen-bond acceptors (Lipinski definition) is 4. The van der Waals surface area contributed by atoms with E-state index in [4.69, 9.17) is 23.2 Å². The molecule has 2 aromatic carbocycles. The Labute approximate surface area is 168 Å². The predicted octanol–water partition coefficient (Wildman–Crippen LogP) is 5.15. The number of rotatable bonds is 5. The van der Waals surface area contributed by atoms with Crippen molar-refractivity contribution in [3.8, 4) is 0 Å². The van der Waals surface area contributed by atoms with E-state index in [1.165, 1.54) is 23.1 Å². The lowest BCUT2D eigenvalue weighted by atomic mass is 10.2. The van der Waals surface area contributed by atoms with Gasteiger partial charge in [0.05, 0.1) is 10.0 Å². The van der Waals surface area contributed by atoms with Gasteiger partial charge in [0.25, 0.3) is 5.91 Å². The van der Waals surface area contributed by atoms with Gasteiger partial charge in [-0.3, -0.25) is 20.4 Å². The zero-order chi connectivity index (χ0) is 18.5. The molecule has 2 amide bonds. The van der Waals surface area contributed by atoms with E-state index >= 15 is 0 Å². The van der Waals surface area contributed by atoms with Crippen molar-refractivity contribution in [2.75, 3.05) is 5.75 Å². The van der Waals surface area contributed by atoms with Gasteiger partial charge in [0.2, 0.25) is 5.91 Å². The van der Waals surface area contributed by atoms with E-state index in [2.05, 4.69) is 10.9 Å². The number of carbonyl (C=O) groups excluding carboxylic acids is 2. The van der Waals surface area contributed by atoms with E-state index in [-0.39, 0.29) is 12.3 Å². The third-order valence-corrected chi connectivity index (χ3v) is 6.67. The molecule has 0 atom stereocenters. The van der Waals surface area contributed by atoms with Crippen LogP contribution in [0.1, 0.15) is 16.1 Å². The minimum atomic E-state index is -0.427. The van der Waals surface area contributed by atoms with E-state index in [1.807, 2.05) is 42.5 Å². The van der Waals surface area contributed by atoms with E-state index in [0.717, 1.165) is 15.0 Å². The van der Waals surface area contributed by atoms with Crippen LogP contribution in [-0.4, -0.2) is 17.6 Å². The topological polar surface area (TPSA) is 58.2 Å². The predicted molar refractivity (Wildman–Crippen MR) is 109 cm³/mol. The minimum Gasteiger partial charge on any atom is -0.273 e. The number of carbonyl (C=O) groups is 2. The van der Waals surface area contributed by atoms with Gasteiger partial charge in [0.1, 0.15) is 4.88 Å². The number of amides is 2. The summed E-state index contributed by atoms with van der Waals surface area (Å²) in [4.78, 5) is 25.5. The lowest BCUT2D eigenvalue weighted by Gasteiger charge is -2.07. The van der Waals surface area contributed by atoms with Crippen LogP contribution < -0.4 is 10.9 Å². The number of thioether (sulfide) groups is 1. The molecule has 0 bridgehead atoms. The fraction of sp³-hybridized carbons (Fsp3) is 0.111. The summed E-state index contributed by atoms with van der Waals surface area (Å²) in [5, 5.41) is 1.88. The van der Waals surface area contributed by atoms with Crippen LogP contribution in [0.4, 0.5) is 0 Å². The highest BCUT2D eigenvalue weighted by molar-refractivity contribution is 7.99. The van der Waals surface area contributed by atoms with Crippen molar-refractivity contribution in [2.45, 2.75) is 11.3 Å². The fourth-order valence-electron chi connectivity index (χ4n) is 2.22. The molecule has 1 aromatic heterocycles. The van der Waals surface area contributed by atoms with E-state index in [1.54, 1.807) is 6.07 Å². The Hall–Kier alpha value is -1.73. The maximum absolute atomic E-state index is 12.3. The molecule has 1 heterocycles. The lowest BCUT2D eigenvalue weighted by molar-refractivity contribution is -0.121. The summed E-state index contributed by atoms with van der Waals surface area (Å²) < 4.78 is 0.921. The molecule has 0 aliphatic heterocycles. The van der Waals surface area contributed by atoms with Crippen LogP contribution in [0, 0.1) is 0 Å². The zero-order valence-corrected chi connectivity index (χ0v) is 16.6. The quantitative estimate of drug-likeness (QED) is 0.439. The van der Waals surface area contributed by atoms with Crippen molar-refractivity contribution in [1.82, 2.24) is 10.9 Å². The summed E-state index contributed by atoms with van der Waals surface area (Å²) in [5.74, 6) is -0.159. The average molecular weight is 425 g/mol. The molecule has 0 radical (unpaired) electrons. The summed E-state index contributed by atoms with van der Waals surface area (Å²) in [7, 11) is 0. The van der Waals surface area contributed by atoms with Gasteiger partial charge in [-0.05, 0) is 18.2 Å². The molecule has 8 heteroatoms. The Bertz CT molecular complexity index is 959. The van der Waals surface area contributed by atoms with Gasteiger partial charge in [0.15, 0.2) is 0 Å². The summed E-state index contributed by atoms with van der Waals surface area (Å²) in [6.45, 7) is 0. The average Bonchev–Trinajstić information content (AvgIpc) is 2.98. The summed E-state index contributed by atoms with van der Waals surface area (Å²) in [6, 6.07) is 14.9. The number of benzene rings is 2. The van der Waals surface area contributed by atoms with Crippen molar-refractivity contribution >= 4 is 68.2 Å². The minimum absolute atomic E-state index is 0.246. The van der Waals surface area contributed by atoms with Gasteiger partial charge >= 0.3 is 0 Å². The second kappa shape index (κ2) is 8.77. The fourth-order valence-corrected chi connectivity index (χ4v) is 4.82. The number of nitrogens with one attached hydrogen (secondary N) is 2. The first-order chi connectivity index (χ1) is 12.6. The second-order valence-corrected chi connectivity index (χ2v) is 8.25. The molecule has 0 spiro atoms. The molecule has 0 aliphatic rings. The lowest BCUT2D eigenvalue weighted by Crippen LogP contribution is -2.41. The number of hydrogen-bond donors (Lipinski definition) is 2. The van der Waals surface area contributed by atoms with Crippen LogP contribution in [0.25, 0.3) is 10.1 Å². The Morgan fingerprint density at radius 2 is 1.73 bits per heavy atom. The van der Waals surface area contributed by atoms with E-state index < -0.39 is 5.91 Å². The first-order valence-corrected chi connectivity index (χ1v) is 10.3. The van der Waals surface area contributed by atoms with Crippen LogP contribution >= 0.6 is 46.3 Å². The van der Waals surface area contributed by atoms with Crippen molar-refractivity contribution in [3.63, 3.8) is 0 Å². The van der Waals surface area contributed by atoms with Crippen molar-refractivity contribution in [2.24, 2.45) is 0 Å². The molecule has 0 fully saturated rings. The summed E-state index contributed by atoms with van der Waals surface area (Å²) >= 11 is 15.1. The molecule has 0 saturated heterocycles. The summed E-state index contributed by atoms with van der Waals surface area (Å²) in [5.41, 5.74) is 4.83.